The Morgan fingerprint density at radius 2 is 1.82 bits per heavy atom. The van der Waals surface area contributed by atoms with Crippen molar-refractivity contribution in [3.8, 4) is 0 Å². The highest BCUT2D eigenvalue weighted by Gasteiger charge is 2.53. The van der Waals surface area contributed by atoms with Gasteiger partial charge in [-0.1, -0.05) is 26.7 Å². The molecule has 0 radical (unpaired) electrons. The first-order valence-corrected chi connectivity index (χ1v) is 7.34. The van der Waals surface area contributed by atoms with Gasteiger partial charge >= 0.3 is 0 Å². The molecule has 0 unspecified atom stereocenters. The Morgan fingerprint density at radius 1 is 1.12 bits per heavy atom. The maximum absolute atomic E-state index is 12.3. The van der Waals surface area contributed by atoms with Crippen molar-refractivity contribution in [1.29, 1.82) is 0 Å². The van der Waals surface area contributed by atoms with E-state index in [4.69, 9.17) is 4.74 Å². The van der Waals surface area contributed by atoms with Crippen molar-refractivity contribution in [2.45, 2.75) is 77.2 Å². The van der Waals surface area contributed by atoms with Gasteiger partial charge in [-0.05, 0) is 38.5 Å². The minimum atomic E-state index is -0.0677. The Bertz CT molecular complexity index is 275. The van der Waals surface area contributed by atoms with Gasteiger partial charge in [0.05, 0.1) is 5.60 Å². The maximum atomic E-state index is 12.3. The number of hydrogen-bond acceptors (Lipinski definition) is 2. The van der Waals surface area contributed by atoms with Crippen LogP contribution in [0.5, 0.6) is 0 Å². The summed E-state index contributed by atoms with van der Waals surface area (Å²) in [5.74, 6) is 0.494. The molecule has 98 valence electrons. The van der Waals surface area contributed by atoms with Crippen LogP contribution < -0.4 is 0 Å². The van der Waals surface area contributed by atoms with E-state index in [1.165, 1.54) is 6.42 Å². The number of fused-ring (bicyclic) bond motifs is 3. The van der Waals surface area contributed by atoms with Gasteiger partial charge in [-0.15, -0.1) is 0 Å². The van der Waals surface area contributed by atoms with Crippen LogP contribution >= 0.6 is 0 Å². The molecule has 0 aromatic heterocycles. The molecule has 3 aliphatic carbocycles. The third-order valence-electron chi connectivity index (χ3n) is 4.83. The third-order valence-corrected chi connectivity index (χ3v) is 4.83. The van der Waals surface area contributed by atoms with Gasteiger partial charge in [0.1, 0.15) is 5.78 Å². The van der Waals surface area contributed by atoms with Gasteiger partial charge in [-0.2, -0.15) is 0 Å². The van der Waals surface area contributed by atoms with Crippen molar-refractivity contribution in [2.75, 3.05) is 6.61 Å². The summed E-state index contributed by atoms with van der Waals surface area (Å²) in [6.45, 7) is 5.21. The van der Waals surface area contributed by atoms with E-state index in [0.717, 1.165) is 51.6 Å². The molecular formula is C15H26O2. The summed E-state index contributed by atoms with van der Waals surface area (Å²) in [6.07, 6.45) is 9.59. The number of ketones is 1. The highest BCUT2D eigenvalue weighted by molar-refractivity contribution is 5.87. The number of Topliss-reactive ketones (excluding diaryl/α,β-unsaturated/α-hetero) is 1. The van der Waals surface area contributed by atoms with Crippen LogP contribution in [0.3, 0.4) is 0 Å². The predicted octanol–water partition coefficient (Wildman–Crippen LogP) is 3.88. The van der Waals surface area contributed by atoms with Crippen LogP contribution in [-0.4, -0.2) is 18.0 Å². The first-order chi connectivity index (χ1) is 8.16. The van der Waals surface area contributed by atoms with Crippen LogP contribution in [0, 0.1) is 5.41 Å². The number of hydrogen-bond donors (Lipinski definition) is 0. The van der Waals surface area contributed by atoms with Crippen molar-refractivity contribution in [3.63, 3.8) is 0 Å². The molecular weight excluding hydrogens is 212 g/mol. The van der Waals surface area contributed by atoms with Crippen LogP contribution in [0.15, 0.2) is 0 Å². The van der Waals surface area contributed by atoms with Crippen LogP contribution in [0.25, 0.3) is 0 Å². The topological polar surface area (TPSA) is 26.3 Å². The third kappa shape index (κ3) is 2.42. The molecule has 0 aromatic carbocycles. The Kier molecular flexibility index (Phi) is 3.92. The fourth-order valence-corrected chi connectivity index (χ4v) is 3.62. The van der Waals surface area contributed by atoms with Gasteiger partial charge in [-0.25, -0.2) is 0 Å². The molecule has 0 aliphatic heterocycles. The maximum Gasteiger partial charge on any atom is 0.141 e. The van der Waals surface area contributed by atoms with Crippen molar-refractivity contribution < 1.29 is 9.53 Å². The molecule has 0 atom stereocenters. The van der Waals surface area contributed by atoms with Crippen LogP contribution in [-0.2, 0) is 9.53 Å². The van der Waals surface area contributed by atoms with E-state index in [2.05, 4.69) is 13.8 Å². The average molecular weight is 238 g/mol. The van der Waals surface area contributed by atoms with Crippen molar-refractivity contribution in [2.24, 2.45) is 5.41 Å². The fraction of sp³-hybridized carbons (Fsp3) is 0.933. The summed E-state index contributed by atoms with van der Waals surface area (Å²) < 4.78 is 6.07. The van der Waals surface area contributed by atoms with Crippen LogP contribution in [0.2, 0.25) is 0 Å². The molecule has 0 saturated heterocycles. The molecule has 3 fully saturated rings. The standard InChI is InChI=1S/C15H26O2/c1-3-5-11-17-15-9-7-14(6-4-2,8-10-15)13(16)12-15/h3-12H2,1-2H3. The normalized spacial score (nSPS) is 36.5. The van der Waals surface area contributed by atoms with E-state index in [0.29, 0.717) is 12.2 Å². The first-order valence-electron chi connectivity index (χ1n) is 7.34. The van der Waals surface area contributed by atoms with Crippen LogP contribution in [0.4, 0.5) is 0 Å². The molecule has 2 heteroatoms. The van der Waals surface area contributed by atoms with E-state index >= 15 is 0 Å². The Balaban J connectivity index is 1.97. The summed E-state index contributed by atoms with van der Waals surface area (Å²) in [5.41, 5.74) is -0.0215. The molecule has 2 bridgehead atoms. The number of ether oxygens (including phenoxy) is 1. The molecule has 3 saturated carbocycles. The monoisotopic (exact) mass is 238 g/mol. The van der Waals surface area contributed by atoms with Gasteiger partial charge < -0.3 is 4.74 Å². The number of unbranched alkanes of at least 4 members (excludes halogenated alkanes) is 1. The summed E-state index contributed by atoms with van der Waals surface area (Å²) in [7, 11) is 0. The number of carbonyl (C=O) groups excluding carboxylic acids is 1. The van der Waals surface area contributed by atoms with E-state index in [1.807, 2.05) is 0 Å². The van der Waals surface area contributed by atoms with Crippen molar-refractivity contribution in [3.05, 3.63) is 0 Å². The molecule has 3 aliphatic rings. The minimum Gasteiger partial charge on any atom is -0.375 e. The molecule has 0 amide bonds. The van der Waals surface area contributed by atoms with E-state index in [1.54, 1.807) is 0 Å². The lowest BCUT2D eigenvalue weighted by molar-refractivity contribution is -0.166. The fourth-order valence-electron chi connectivity index (χ4n) is 3.62. The zero-order valence-corrected chi connectivity index (χ0v) is 11.4. The second-order valence-corrected chi connectivity index (χ2v) is 6.02. The van der Waals surface area contributed by atoms with Gasteiger partial charge in [0, 0.05) is 18.4 Å². The Morgan fingerprint density at radius 3 is 2.35 bits per heavy atom. The summed E-state index contributed by atoms with van der Waals surface area (Å²) in [6, 6.07) is 0. The minimum absolute atomic E-state index is 0.0462. The number of carbonyl (C=O) groups is 1. The molecule has 0 heterocycles. The zero-order valence-electron chi connectivity index (χ0n) is 11.4. The lowest BCUT2D eigenvalue weighted by Crippen LogP contribution is -2.53. The molecule has 2 nitrogen and oxygen atoms in total. The molecule has 0 N–H and O–H groups in total. The predicted molar refractivity (Wildman–Crippen MR) is 69.0 cm³/mol. The smallest absolute Gasteiger partial charge is 0.141 e. The zero-order chi connectivity index (χ0) is 12.4. The molecule has 0 spiro atoms. The van der Waals surface area contributed by atoms with Crippen molar-refractivity contribution >= 4 is 5.78 Å². The van der Waals surface area contributed by atoms with Crippen LogP contribution in [0.1, 0.15) is 71.6 Å². The quantitative estimate of drug-likeness (QED) is 0.656. The Hall–Kier alpha value is -0.370. The van der Waals surface area contributed by atoms with E-state index < -0.39 is 0 Å². The largest absolute Gasteiger partial charge is 0.375 e. The number of rotatable bonds is 6. The van der Waals surface area contributed by atoms with Gasteiger partial charge in [0.15, 0.2) is 0 Å². The lowest BCUT2D eigenvalue weighted by Gasteiger charge is -2.52. The van der Waals surface area contributed by atoms with Gasteiger partial charge in [0.2, 0.25) is 0 Å². The highest BCUT2D eigenvalue weighted by Crippen LogP contribution is 2.53. The van der Waals surface area contributed by atoms with Gasteiger partial charge in [0.25, 0.3) is 0 Å². The molecule has 3 rings (SSSR count). The first kappa shape index (κ1) is 13.1. The second kappa shape index (κ2) is 5.09. The summed E-state index contributed by atoms with van der Waals surface area (Å²) in [5, 5.41) is 0. The average Bonchev–Trinajstić information content (AvgIpc) is 2.32. The van der Waals surface area contributed by atoms with E-state index in [-0.39, 0.29) is 11.0 Å². The van der Waals surface area contributed by atoms with E-state index in [9.17, 15) is 4.79 Å². The highest BCUT2D eigenvalue weighted by atomic mass is 16.5. The molecule has 17 heavy (non-hydrogen) atoms. The molecule has 0 aromatic rings. The Labute approximate surface area is 105 Å². The van der Waals surface area contributed by atoms with Crippen molar-refractivity contribution in [1.82, 2.24) is 0 Å². The SMILES string of the molecule is CCCCOC12CCC(CCC)(CC1)C(=O)C2. The summed E-state index contributed by atoms with van der Waals surface area (Å²) >= 11 is 0. The van der Waals surface area contributed by atoms with Gasteiger partial charge in [-0.3, -0.25) is 4.79 Å². The summed E-state index contributed by atoms with van der Waals surface area (Å²) in [4.78, 5) is 12.3. The second-order valence-electron chi connectivity index (χ2n) is 6.02. The lowest BCUT2D eigenvalue weighted by atomic mass is 9.56.